The number of aliphatic hydroxyl groups is 1. The lowest BCUT2D eigenvalue weighted by Crippen LogP contribution is -2.55. The van der Waals surface area contributed by atoms with Gasteiger partial charge in [-0.25, -0.2) is 4.79 Å². The Balaban J connectivity index is 1.53. The van der Waals surface area contributed by atoms with Crippen LogP contribution in [-0.2, 0) is 14.3 Å². The van der Waals surface area contributed by atoms with Crippen molar-refractivity contribution in [2.75, 3.05) is 6.54 Å². The molecule has 37 heavy (non-hydrogen) atoms. The summed E-state index contributed by atoms with van der Waals surface area (Å²) in [7, 11) is 0. The maximum atomic E-state index is 12.2. The van der Waals surface area contributed by atoms with E-state index in [9.17, 15) is 9.90 Å². The summed E-state index contributed by atoms with van der Waals surface area (Å²) in [5.74, 6) is 0.554. The molecule has 0 aromatic rings. The van der Waals surface area contributed by atoms with Crippen molar-refractivity contribution in [3.63, 3.8) is 0 Å². The highest BCUT2D eigenvalue weighted by Gasteiger charge is 2.49. The van der Waals surface area contributed by atoms with Crippen LogP contribution < -0.4 is 5.32 Å². The van der Waals surface area contributed by atoms with Crippen LogP contribution in [0, 0.1) is 17.3 Å². The number of rotatable bonds is 1. The number of piperidine rings is 1. The zero-order valence-corrected chi connectivity index (χ0v) is 23.5. The average molecular weight is 510 g/mol. The molecule has 2 bridgehead atoms. The van der Waals surface area contributed by atoms with Crippen molar-refractivity contribution in [2.24, 2.45) is 17.3 Å². The standard InChI is InChI=1S/C32H47NO4/c1-19-8-6-9-29-32(13-7-15-33-29)14-12-25(28-18-22(4)31(35)37-28)23(5)26(32)17-20(2)27(34)11-10-24-16-21(3)30(19)36-24/h8,17-18,21,24,26-30,33-34H,6-7,9-16H2,1-5H3/b19-8+,20-17-/t21-,24+,26+,27+,28+,29?,30-,32+/m1/s1. The Morgan fingerprint density at radius 3 is 2.62 bits per heavy atom. The molecular weight excluding hydrogens is 462 g/mol. The van der Waals surface area contributed by atoms with E-state index in [-0.39, 0.29) is 35.6 Å². The van der Waals surface area contributed by atoms with Crippen LogP contribution in [0.4, 0.5) is 0 Å². The molecule has 5 rings (SSSR count). The first kappa shape index (κ1) is 26.9. The van der Waals surface area contributed by atoms with Gasteiger partial charge in [0.05, 0.1) is 18.3 Å². The van der Waals surface area contributed by atoms with Gasteiger partial charge in [0.15, 0.2) is 0 Å². The summed E-state index contributed by atoms with van der Waals surface area (Å²) in [6.07, 6.45) is 15.8. The summed E-state index contributed by atoms with van der Waals surface area (Å²) in [4.78, 5) is 12.2. The highest BCUT2D eigenvalue weighted by atomic mass is 16.5. The number of nitrogens with one attached hydrogen (secondary N) is 1. The Kier molecular flexibility index (Phi) is 7.87. The van der Waals surface area contributed by atoms with Crippen LogP contribution in [0.2, 0.25) is 0 Å². The second-order valence-electron chi connectivity index (χ2n) is 12.6. The molecule has 0 saturated carbocycles. The maximum Gasteiger partial charge on any atom is 0.334 e. The van der Waals surface area contributed by atoms with Crippen LogP contribution >= 0.6 is 0 Å². The number of fused-ring (bicyclic) bond motifs is 2. The Morgan fingerprint density at radius 2 is 1.86 bits per heavy atom. The minimum Gasteiger partial charge on any atom is -0.450 e. The quantitative estimate of drug-likeness (QED) is 0.338. The molecule has 5 aliphatic rings. The third-order valence-corrected chi connectivity index (χ3v) is 10.2. The SMILES string of the molecule is CC1=C[C@@H](C2=C(C)[C@@H]3/C=C(/C)[C@@H](O)CC[C@H]4C[C@@H](C)[C@H](O4)/C(C)=C/CCC4NCCC[C@@]43CC2)OC1=O. The van der Waals surface area contributed by atoms with E-state index in [4.69, 9.17) is 9.47 Å². The van der Waals surface area contributed by atoms with Gasteiger partial charge < -0.3 is 19.9 Å². The van der Waals surface area contributed by atoms with E-state index >= 15 is 0 Å². The van der Waals surface area contributed by atoms with E-state index < -0.39 is 6.10 Å². The van der Waals surface area contributed by atoms with Crippen LogP contribution in [0.15, 0.2) is 46.1 Å². The third-order valence-electron chi connectivity index (χ3n) is 10.2. The lowest BCUT2D eigenvalue weighted by atomic mass is 9.56. The zero-order valence-electron chi connectivity index (χ0n) is 23.5. The van der Waals surface area contributed by atoms with Gasteiger partial charge in [0.25, 0.3) is 0 Å². The Bertz CT molecular complexity index is 1020. The van der Waals surface area contributed by atoms with E-state index in [1.54, 1.807) is 0 Å². The summed E-state index contributed by atoms with van der Waals surface area (Å²) in [6, 6.07) is 0.413. The summed E-state index contributed by atoms with van der Waals surface area (Å²) in [5.41, 5.74) is 5.85. The van der Waals surface area contributed by atoms with Gasteiger partial charge in [-0.2, -0.15) is 0 Å². The van der Waals surface area contributed by atoms with Crippen molar-refractivity contribution < 1.29 is 19.4 Å². The van der Waals surface area contributed by atoms with E-state index in [2.05, 4.69) is 45.2 Å². The first-order valence-corrected chi connectivity index (χ1v) is 14.7. The molecule has 1 spiro atoms. The van der Waals surface area contributed by atoms with Crippen LogP contribution in [0.5, 0.6) is 0 Å². The molecule has 5 nitrogen and oxygen atoms in total. The smallest absolute Gasteiger partial charge is 0.334 e. The number of allylic oxidation sites excluding steroid dienone is 3. The average Bonchev–Trinajstić information content (AvgIpc) is 3.41. The Labute approximate surface area is 223 Å². The van der Waals surface area contributed by atoms with E-state index in [0.29, 0.717) is 17.5 Å². The number of esters is 1. The van der Waals surface area contributed by atoms with Crippen LogP contribution in [0.1, 0.15) is 92.4 Å². The number of cyclic esters (lactones) is 1. The van der Waals surface area contributed by atoms with Gasteiger partial charge in [0.2, 0.25) is 0 Å². The fourth-order valence-electron chi connectivity index (χ4n) is 8.07. The number of hydrogen-bond donors (Lipinski definition) is 2. The first-order chi connectivity index (χ1) is 17.7. The molecule has 2 N–H and O–H groups in total. The lowest BCUT2D eigenvalue weighted by molar-refractivity contribution is -0.138. The molecule has 1 unspecified atom stereocenters. The molecule has 0 aromatic heterocycles. The van der Waals surface area contributed by atoms with Crippen molar-refractivity contribution >= 4 is 5.97 Å². The van der Waals surface area contributed by atoms with Crippen molar-refractivity contribution in [1.29, 1.82) is 0 Å². The Morgan fingerprint density at radius 1 is 1.05 bits per heavy atom. The minimum atomic E-state index is -0.462. The second-order valence-corrected chi connectivity index (χ2v) is 12.6. The highest BCUT2D eigenvalue weighted by molar-refractivity contribution is 5.90. The summed E-state index contributed by atoms with van der Waals surface area (Å²) < 4.78 is 12.3. The van der Waals surface area contributed by atoms with Crippen molar-refractivity contribution in [3.05, 3.63) is 46.1 Å². The molecule has 5 heteroatoms. The normalized spacial score (nSPS) is 44.3. The Hall–Kier alpha value is -1.69. The fourth-order valence-corrected chi connectivity index (χ4v) is 8.07. The lowest BCUT2D eigenvalue weighted by Gasteiger charge is -2.53. The molecule has 4 heterocycles. The van der Waals surface area contributed by atoms with Crippen LogP contribution in [0.3, 0.4) is 0 Å². The molecule has 4 aliphatic heterocycles. The van der Waals surface area contributed by atoms with Gasteiger partial charge >= 0.3 is 5.97 Å². The molecule has 0 amide bonds. The molecule has 8 atom stereocenters. The fraction of sp³-hybridized carbons (Fsp3) is 0.719. The van der Waals surface area contributed by atoms with Crippen LogP contribution in [0.25, 0.3) is 0 Å². The van der Waals surface area contributed by atoms with Gasteiger partial charge in [0.1, 0.15) is 6.10 Å². The number of hydrogen-bond acceptors (Lipinski definition) is 5. The summed E-state index contributed by atoms with van der Waals surface area (Å²) >= 11 is 0. The predicted molar refractivity (Wildman–Crippen MR) is 147 cm³/mol. The molecule has 0 radical (unpaired) electrons. The van der Waals surface area contributed by atoms with Crippen molar-refractivity contribution in [1.82, 2.24) is 5.32 Å². The van der Waals surface area contributed by atoms with Crippen LogP contribution in [-0.4, -0.2) is 48.1 Å². The minimum absolute atomic E-state index is 0.110. The predicted octanol–water partition coefficient (Wildman–Crippen LogP) is 5.94. The number of ether oxygens (including phenoxy) is 2. The molecule has 2 saturated heterocycles. The third kappa shape index (κ3) is 5.16. The molecular formula is C32H47NO4. The summed E-state index contributed by atoms with van der Waals surface area (Å²) in [5, 5.41) is 15.2. The van der Waals surface area contributed by atoms with E-state index in [0.717, 1.165) is 57.1 Å². The zero-order chi connectivity index (χ0) is 26.3. The van der Waals surface area contributed by atoms with Gasteiger partial charge in [-0.1, -0.05) is 24.6 Å². The van der Waals surface area contributed by atoms with Gasteiger partial charge in [-0.3, -0.25) is 0 Å². The van der Waals surface area contributed by atoms with E-state index in [1.807, 2.05) is 13.0 Å². The van der Waals surface area contributed by atoms with Gasteiger partial charge in [-0.15, -0.1) is 0 Å². The van der Waals surface area contributed by atoms with Gasteiger partial charge in [0, 0.05) is 17.5 Å². The number of aliphatic hydroxyl groups excluding tert-OH is 1. The summed E-state index contributed by atoms with van der Waals surface area (Å²) in [6.45, 7) is 11.8. The molecule has 2 fully saturated rings. The monoisotopic (exact) mass is 509 g/mol. The highest BCUT2D eigenvalue weighted by Crippen LogP contribution is 2.54. The number of carbonyl (C=O) groups excluding carboxylic acids is 1. The first-order valence-electron chi connectivity index (χ1n) is 14.7. The second kappa shape index (κ2) is 10.8. The van der Waals surface area contributed by atoms with Crippen molar-refractivity contribution in [2.45, 2.75) is 123 Å². The molecule has 204 valence electrons. The van der Waals surface area contributed by atoms with Crippen molar-refractivity contribution in [3.8, 4) is 0 Å². The topological polar surface area (TPSA) is 67.8 Å². The maximum absolute atomic E-state index is 12.2. The molecule has 1 aliphatic carbocycles. The van der Waals surface area contributed by atoms with E-state index in [1.165, 1.54) is 29.6 Å². The largest absolute Gasteiger partial charge is 0.450 e. The number of carbonyl (C=O) groups is 1. The molecule has 0 aromatic carbocycles. The van der Waals surface area contributed by atoms with Gasteiger partial charge in [-0.05, 0) is 126 Å².